The van der Waals surface area contributed by atoms with Gasteiger partial charge in [0.2, 0.25) is 0 Å². The van der Waals surface area contributed by atoms with Gasteiger partial charge in [-0.05, 0) is 5.56 Å². The summed E-state index contributed by atoms with van der Waals surface area (Å²) in [6.07, 6.45) is 0. The van der Waals surface area contributed by atoms with E-state index < -0.39 is 0 Å². The van der Waals surface area contributed by atoms with Crippen molar-refractivity contribution in [2.75, 3.05) is 13.2 Å². The molecule has 1 aliphatic carbocycles. The lowest BCUT2D eigenvalue weighted by Crippen LogP contribution is -2.07. The smallest absolute Gasteiger partial charge is 0.0808 e. The minimum atomic E-state index is -0.0681. The van der Waals surface area contributed by atoms with E-state index in [9.17, 15) is 0 Å². The van der Waals surface area contributed by atoms with E-state index in [4.69, 9.17) is 16.3 Å². The maximum atomic E-state index is 6.42. The highest BCUT2D eigenvalue weighted by molar-refractivity contribution is 6.27. The highest BCUT2D eigenvalue weighted by Crippen LogP contribution is 2.65. The van der Waals surface area contributed by atoms with Crippen LogP contribution in [-0.4, -0.2) is 18.1 Å². The second kappa shape index (κ2) is 2.49. The van der Waals surface area contributed by atoms with Crippen molar-refractivity contribution in [1.82, 2.24) is 0 Å². The summed E-state index contributed by atoms with van der Waals surface area (Å²) < 4.78 is 5.33. The van der Waals surface area contributed by atoms with E-state index in [1.165, 1.54) is 5.56 Å². The Morgan fingerprint density at radius 2 is 2.08 bits per heavy atom. The summed E-state index contributed by atoms with van der Waals surface area (Å²) in [5.74, 6) is 1.08. The van der Waals surface area contributed by atoms with E-state index in [0.29, 0.717) is 11.8 Å². The zero-order valence-electron chi connectivity index (χ0n) is 7.24. The Morgan fingerprint density at radius 1 is 1.31 bits per heavy atom. The number of hydrogen-bond donors (Lipinski definition) is 0. The van der Waals surface area contributed by atoms with Gasteiger partial charge in [0.25, 0.3) is 0 Å². The molecule has 1 nitrogen and oxygen atoms in total. The van der Waals surface area contributed by atoms with Crippen molar-refractivity contribution in [3.8, 4) is 0 Å². The largest absolute Gasteiger partial charge is 0.379 e. The number of halogens is 1. The highest BCUT2D eigenvalue weighted by atomic mass is 35.5. The molecule has 1 aromatic rings. The molecule has 1 saturated carbocycles. The summed E-state index contributed by atoms with van der Waals surface area (Å²) in [4.78, 5) is -0.0681. The summed E-state index contributed by atoms with van der Waals surface area (Å²) in [5.41, 5.74) is 1.37. The van der Waals surface area contributed by atoms with E-state index >= 15 is 0 Å². The molecule has 68 valence electrons. The topological polar surface area (TPSA) is 9.23 Å². The summed E-state index contributed by atoms with van der Waals surface area (Å²) in [5, 5.41) is 0. The molecule has 0 bridgehead atoms. The van der Waals surface area contributed by atoms with E-state index in [1.807, 2.05) is 6.07 Å². The van der Waals surface area contributed by atoms with Crippen LogP contribution >= 0.6 is 11.6 Å². The molecule has 1 aromatic carbocycles. The lowest BCUT2D eigenvalue weighted by Gasteiger charge is -2.06. The van der Waals surface area contributed by atoms with Gasteiger partial charge >= 0.3 is 0 Å². The number of hydrogen-bond acceptors (Lipinski definition) is 1. The molecule has 1 saturated heterocycles. The van der Waals surface area contributed by atoms with Crippen LogP contribution in [0, 0.1) is 5.92 Å². The van der Waals surface area contributed by atoms with Crippen LogP contribution in [0.1, 0.15) is 11.5 Å². The summed E-state index contributed by atoms with van der Waals surface area (Å²) in [7, 11) is 0. The third kappa shape index (κ3) is 0.976. The van der Waals surface area contributed by atoms with Crippen molar-refractivity contribution < 1.29 is 4.74 Å². The van der Waals surface area contributed by atoms with Gasteiger partial charge in [-0.3, -0.25) is 0 Å². The van der Waals surface area contributed by atoms with E-state index in [-0.39, 0.29) is 4.87 Å². The van der Waals surface area contributed by atoms with Crippen LogP contribution in [-0.2, 0) is 4.74 Å². The highest BCUT2D eigenvalue weighted by Gasteiger charge is 2.67. The van der Waals surface area contributed by atoms with Gasteiger partial charge in [0.05, 0.1) is 18.1 Å². The van der Waals surface area contributed by atoms with Crippen LogP contribution in [0.4, 0.5) is 0 Å². The molecule has 3 atom stereocenters. The standard InChI is InChI=1S/C11H11ClO/c12-11-7-13-6-9(11)10(11)8-4-2-1-3-5-8/h1-5,9-10H,6-7H2/t9?,10-,11-/m1/s1. The lowest BCUT2D eigenvalue weighted by atomic mass is 10.1. The third-order valence-electron chi connectivity index (χ3n) is 3.21. The molecule has 3 rings (SSSR count). The van der Waals surface area contributed by atoms with Gasteiger partial charge in [0.1, 0.15) is 0 Å². The van der Waals surface area contributed by atoms with Crippen LogP contribution in [0.3, 0.4) is 0 Å². The predicted molar refractivity (Wildman–Crippen MR) is 52.1 cm³/mol. The SMILES string of the molecule is Cl[C@]12COCC1[C@H]2c1ccccc1. The molecule has 2 aliphatic rings. The van der Waals surface area contributed by atoms with Gasteiger partial charge in [-0.2, -0.15) is 0 Å². The first-order valence-electron chi connectivity index (χ1n) is 4.64. The Hall–Kier alpha value is -0.530. The van der Waals surface area contributed by atoms with Crippen LogP contribution in [0.25, 0.3) is 0 Å². The number of ether oxygens (including phenoxy) is 1. The Balaban J connectivity index is 1.91. The van der Waals surface area contributed by atoms with E-state index in [1.54, 1.807) is 0 Å². The normalized spacial score (nSPS) is 41.6. The summed E-state index contributed by atoms with van der Waals surface area (Å²) >= 11 is 6.42. The molecule has 1 heterocycles. The predicted octanol–water partition coefficient (Wildman–Crippen LogP) is 2.41. The fourth-order valence-corrected chi connectivity index (χ4v) is 2.91. The second-order valence-electron chi connectivity index (χ2n) is 3.94. The molecule has 0 amide bonds. The molecule has 0 radical (unpaired) electrons. The lowest BCUT2D eigenvalue weighted by molar-refractivity contribution is 0.163. The van der Waals surface area contributed by atoms with Crippen LogP contribution in [0.2, 0.25) is 0 Å². The molecular weight excluding hydrogens is 184 g/mol. The molecule has 0 spiro atoms. The number of benzene rings is 1. The maximum absolute atomic E-state index is 6.42. The van der Waals surface area contributed by atoms with Gasteiger partial charge in [0.15, 0.2) is 0 Å². The number of rotatable bonds is 1. The monoisotopic (exact) mass is 194 g/mol. The Kier molecular flexibility index (Phi) is 1.50. The van der Waals surface area contributed by atoms with Crippen LogP contribution < -0.4 is 0 Å². The van der Waals surface area contributed by atoms with Crippen molar-refractivity contribution in [2.24, 2.45) is 5.92 Å². The van der Waals surface area contributed by atoms with Gasteiger partial charge in [-0.1, -0.05) is 30.3 Å². The van der Waals surface area contributed by atoms with Gasteiger partial charge in [0, 0.05) is 11.8 Å². The average molecular weight is 195 g/mol. The van der Waals surface area contributed by atoms with E-state index in [0.717, 1.165) is 13.2 Å². The Labute approximate surface area is 82.7 Å². The molecule has 2 heteroatoms. The van der Waals surface area contributed by atoms with Crippen molar-refractivity contribution in [3.63, 3.8) is 0 Å². The fourth-order valence-electron chi connectivity index (χ4n) is 2.43. The van der Waals surface area contributed by atoms with Crippen molar-refractivity contribution in [1.29, 1.82) is 0 Å². The minimum absolute atomic E-state index is 0.0681. The third-order valence-corrected chi connectivity index (χ3v) is 3.83. The first kappa shape index (κ1) is 7.84. The van der Waals surface area contributed by atoms with Gasteiger partial charge < -0.3 is 4.74 Å². The quantitative estimate of drug-likeness (QED) is 0.624. The van der Waals surface area contributed by atoms with E-state index in [2.05, 4.69) is 24.3 Å². The first-order chi connectivity index (χ1) is 6.32. The zero-order valence-corrected chi connectivity index (χ0v) is 8.00. The first-order valence-corrected chi connectivity index (χ1v) is 5.02. The average Bonchev–Trinajstić information content (AvgIpc) is 2.55. The second-order valence-corrected chi connectivity index (χ2v) is 4.64. The molecule has 1 aliphatic heterocycles. The molecule has 0 aromatic heterocycles. The molecule has 2 fully saturated rings. The van der Waals surface area contributed by atoms with Crippen molar-refractivity contribution in [2.45, 2.75) is 10.8 Å². The number of fused-ring (bicyclic) bond motifs is 1. The molecule has 1 unspecified atom stereocenters. The zero-order chi connectivity index (χ0) is 8.89. The van der Waals surface area contributed by atoms with Gasteiger partial charge in [-0.15, -0.1) is 11.6 Å². The van der Waals surface area contributed by atoms with Crippen LogP contribution in [0.15, 0.2) is 30.3 Å². The Morgan fingerprint density at radius 3 is 2.69 bits per heavy atom. The van der Waals surface area contributed by atoms with Crippen molar-refractivity contribution >= 4 is 11.6 Å². The maximum Gasteiger partial charge on any atom is 0.0808 e. The molecule has 13 heavy (non-hydrogen) atoms. The van der Waals surface area contributed by atoms with Crippen molar-refractivity contribution in [3.05, 3.63) is 35.9 Å². The number of alkyl halides is 1. The Bertz CT molecular complexity index is 324. The summed E-state index contributed by atoms with van der Waals surface area (Å²) in [6, 6.07) is 10.5. The van der Waals surface area contributed by atoms with Gasteiger partial charge in [-0.25, -0.2) is 0 Å². The minimum Gasteiger partial charge on any atom is -0.379 e. The molecule has 0 N–H and O–H groups in total. The fraction of sp³-hybridized carbons (Fsp3) is 0.455. The summed E-state index contributed by atoms with van der Waals surface area (Å²) in [6.45, 7) is 1.56. The molecular formula is C11H11ClO. The van der Waals surface area contributed by atoms with Crippen LogP contribution in [0.5, 0.6) is 0 Å².